The number of rotatable bonds is 7. The first-order valence-electron chi connectivity index (χ1n) is 8.48. The highest BCUT2D eigenvalue weighted by atomic mass is 32.1. The molecule has 27 heavy (non-hydrogen) atoms. The summed E-state index contributed by atoms with van der Waals surface area (Å²) in [4.78, 5) is 0. The topological polar surface area (TPSA) is 53.7 Å². The molecule has 2 heterocycles. The maximum atomic E-state index is 5.93. The Morgan fingerprint density at radius 1 is 0.963 bits per heavy atom. The predicted molar refractivity (Wildman–Crippen MR) is 105 cm³/mol. The molecule has 0 fully saturated rings. The Morgan fingerprint density at radius 3 is 2.59 bits per heavy atom. The van der Waals surface area contributed by atoms with Gasteiger partial charge in [0.1, 0.15) is 12.3 Å². The van der Waals surface area contributed by atoms with Crippen LogP contribution in [0.3, 0.4) is 0 Å². The van der Waals surface area contributed by atoms with Crippen LogP contribution in [0.2, 0.25) is 0 Å². The van der Waals surface area contributed by atoms with Gasteiger partial charge in [-0.25, -0.2) is 0 Å². The van der Waals surface area contributed by atoms with Crippen LogP contribution in [0.15, 0.2) is 58.4 Å². The number of thiophene rings is 1. The molecule has 4 rings (SSSR count). The lowest BCUT2D eigenvalue weighted by molar-refractivity contribution is 0.185. The largest absolute Gasteiger partial charge is 0.493 e. The number of ether oxygens (including phenoxy) is 3. The average Bonchev–Trinajstić information content (AvgIpc) is 3.35. The van der Waals surface area contributed by atoms with Gasteiger partial charge in [0.05, 0.1) is 13.7 Å². The van der Waals surface area contributed by atoms with Gasteiger partial charge in [0.2, 0.25) is 0 Å². The van der Waals surface area contributed by atoms with Gasteiger partial charge in [-0.2, -0.15) is 0 Å². The molecule has 0 amide bonds. The monoisotopic (exact) mass is 381 g/mol. The van der Waals surface area contributed by atoms with E-state index < -0.39 is 0 Å². The van der Waals surface area contributed by atoms with Gasteiger partial charge in [-0.1, -0.05) is 29.4 Å². The average molecular weight is 381 g/mol. The van der Waals surface area contributed by atoms with Crippen LogP contribution >= 0.6 is 11.3 Å². The summed E-state index contributed by atoms with van der Waals surface area (Å²) < 4.78 is 23.1. The van der Waals surface area contributed by atoms with E-state index in [0.29, 0.717) is 30.5 Å². The first-order chi connectivity index (χ1) is 13.3. The number of aromatic nitrogens is 1. The zero-order valence-corrected chi connectivity index (χ0v) is 15.9. The van der Waals surface area contributed by atoms with Gasteiger partial charge >= 0.3 is 0 Å². The SMILES string of the molecule is COCc1ccc(-c2cc(COc3cc4sccc4cc3OC)no2)cc1. The molecule has 0 saturated heterocycles. The summed E-state index contributed by atoms with van der Waals surface area (Å²) in [5.74, 6) is 2.11. The van der Waals surface area contributed by atoms with E-state index in [0.717, 1.165) is 26.9 Å². The highest BCUT2D eigenvalue weighted by Crippen LogP contribution is 2.35. The lowest BCUT2D eigenvalue weighted by Gasteiger charge is -2.09. The van der Waals surface area contributed by atoms with Crippen molar-refractivity contribution in [2.45, 2.75) is 13.2 Å². The fourth-order valence-electron chi connectivity index (χ4n) is 2.84. The smallest absolute Gasteiger partial charge is 0.167 e. The van der Waals surface area contributed by atoms with E-state index in [9.17, 15) is 0 Å². The van der Waals surface area contributed by atoms with Crippen LogP contribution in [-0.4, -0.2) is 19.4 Å². The van der Waals surface area contributed by atoms with Crippen molar-refractivity contribution in [2.75, 3.05) is 14.2 Å². The molecular formula is C21H19NO4S. The van der Waals surface area contributed by atoms with Crippen molar-refractivity contribution >= 4 is 21.4 Å². The molecular weight excluding hydrogens is 362 g/mol. The lowest BCUT2D eigenvalue weighted by atomic mass is 10.1. The Hall–Kier alpha value is -2.83. The van der Waals surface area contributed by atoms with E-state index in [1.165, 1.54) is 0 Å². The maximum Gasteiger partial charge on any atom is 0.167 e. The molecule has 2 aromatic heterocycles. The third kappa shape index (κ3) is 3.82. The first kappa shape index (κ1) is 17.6. The third-order valence-electron chi connectivity index (χ3n) is 4.22. The van der Waals surface area contributed by atoms with Gasteiger partial charge in [-0.15, -0.1) is 11.3 Å². The molecule has 0 radical (unpaired) electrons. The van der Waals surface area contributed by atoms with E-state index in [4.69, 9.17) is 18.7 Å². The molecule has 0 bridgehead atoms. The summed E-state index contributed by atoms with van der Waals surface area (Å²) in [6.07, 6.45) is 0. The van der Waals surface area contributed by atoms with Crippen LogP contribution < -0.4 is 9.47 Å². The number of hydrogen-bond acceptors (Lipinski definition) is 6. The molecule has 6 heteroatoms. The zero-order valence-electron chi connectivity index (χ0n) is 15.1. The number of fused-ring (bicyclic) bond motifs is 1. The normalized spacial score (nSPS) is 11.0. The minimum absolute atomic E-state index is 0.304. The minimum Gasteiger partial charge on any atom is -0.493 e. The van der Waals surface area contributed by atoms with Crippen molar-refractivity contribution < 1.29 is 18.7 Å². The number of hydrogen-bond donors (Lipinski definition) is 0. The van der Waals surface area contributed by atoms with Crippen molar-refractivity contribution in [1.29, 1.82) is 0 Å². The van der Waals surface area contributed by atoms with Crippen LogP contribution in [0, 0.1) is 0 Å². The summed E-state index contributed by atoms with van der Waals surface area (Å²) in [7, 11) is 3.32. The van der Waals surface area contributed by atoms with Crippen molar-refractivity contribution in [3.63, 3.8) is 0 Å². The molecule has 0 N–H and O–H groups in total. The van der Waals surface area contributed by atoms with Gasteiger partial charge < -0.3 is 18.7 Å². The predicted octanol–water partition coefficient (Wildman–Crippen LogP) is 5.29. The second-order valence-corrected chi connectivity index (χ2v) is 7.01. The number of nitrogens with zero attached hydrogens (tertiary/aromatic N) is 1. The lowest BCUT2D eigenvalue weighted by Crippen LogP contribution is -1.97. The summed E-state index contributed by atoms with van der Waals surface area (Å²) in [5.41, 5.74) is 2.80. The van der Waals surface area contributed by atoms with Crippen molar-refractivity contribution in [3.05, 3.63) is 65.2 Å². The fraction of sp³-hybridized carbons (Fsp3) is 0.190. The first-order valence-corrected chi connectivity index (χ1v) is 9.36. The summed E-state index contributed by atoms with van der Waals surface area (Å²) in [5, 5.41) is 7.31. The molecule has 0 spiro atoms. The second-order valence-electron chi connectivity index (χ2n) is 6.06. The quantitative estimate of drug-likeness (QED) is 0.435. The number of benzene rings is 2. The van der Waals surface area contributed by atoms with E-state index in [1.54, 1.807) is 25.6 Å². The molecule has 5 nitrogen and oxygen atoms in total. The van der Waals surface area contributed by atoms with Gasteiger partial charge in [0.25, 0.3) is 0 Å². The fourth-order valence-corrected chi connectivity index (χ4v) is 3.64. The van der Waals surface area contributed by atoms with Gasteiger partial charge in [-0.05, 0) is 28.5 Å². The molecule has 0 aliphatic rings. The minimum atomic E-state index is 0.304. The van der Waals surface area contributed by atoms with E-state index in [1.807, 2.05) is 42.5 Å². The van der Waals surface area contributed by atoms with Crippen molar-refractivity contribution in [2.24, 2.45) is 0 Å². The van der Waals surface area contributed by atoms with E-state index in [2.05, 4.69) is 16.6 Å². The summed E-state index contributed by atoms with van der Waals surface area (Å²) in [6.45, 7) is 0.894. The molecule has 0 atom stereocenters. The van der Waals surface area contributed by atoms with Crippen molar-refractivity contribution in [1.82, 2.24) is 5.16 Å². The molecule has 0 aliphatic carbocycles. The Morgan fingerprint density at radius 2 is 1.81 bits per heavy atom. The Labute approximate surface area is 161 Å². The molecule has 138 valence electrons. The third-order valence-corrected chi connectivity index (χ3v) is 5.10. The zero-order chi connectivity index (χ0) is 18.6. The van der Waals surface area contributed by atoms with E-state index in [-0.39, 0.29) is 0 Å². The van der Waals surface area contributed by atoms with Crippen LogP contribution in [0.1, 0.15) is 11.3 Å². The molecule has 4 aromatic rings. The highest BCUT2D eigenvalue weighted by molar-refractivity contribution is 7.17. The standard InChI is InChI=1S/C21H19NO4S/c1-23-12-14-3-5-15(6-4-14)18-10-17(22-26-18)13-25-20-11-21-16(7-8-27-21)9-19(20)24-2/h3-11H,12-13H2,1-2H3. The molecule has 0 saturated carbocycles. The molecule has 0 unspecified atom stereocenters. The van der Waals surface area contributed by atoms with Gasteiger partial charge in [-0.3, -0.25) is 0 Å². The summed E-state index contributed by atoms with van der Waals surface area (Å²) >= 11 is 1.67. The highest BCUT2D eigenvalue weighted by Gasteiger charge is 2.11. The van der Waals surface area contributed by atoms with Crippen LogP contribution in [0.25, 0.3) is 21.4 Å². The Kier molecular flexibility index (Phi) is 5.09. The second kappa shape index (κ2) is 7.82. The van der Waals surface area contributed by atoms with Crippen LogP contribution in [0.5, 0.6) is 11.5 Å². The summed E-state index contributed by atoms with van der Waals surface area (Å²) in [6, 6.07) is 15.9. The van der Waals surface area contributed by atoms with Gasteiger partial charge in [0.15, 0.2) is 17.3 Å². The Bertz CT molecular complexity index is 1040. The van der Waals surface area contributed by atoms with E-state index >= 15 is 0 Å². The van der Waals surface area contributed by atoms with Crippen LogP contribution in [0.4, 0.5) is 0 Å². The molecule has 0 aliphatic heterocycles. The number of methoxy groups -OCH3 is 2. The molecule has 2 aromatic carbocycles. The van der Waals surface area contributed by atoms with Crippen LogP contribution in [-0.2, 0) is 18.0 Å². The maximum absolute atomic E-state index is 5.93. The van der Waals surface area contributed by atoms with Gasteiger partial charge in [0, 0.05) is 29.5 Å². The van der Waals surface area contributed by atoms with Crippen molar-refractivity contribution in [3.8, 4) is 22.8 Å². The Balaban J connectivity index is 1.48.